The summed E-state index contributed by atoms with van der Waals surface area (Å²) in [6, 6.07) is 5.23. The van der Waals surface area contributed by atoms with E-state index < -0.39 is 10.0 Å². The van der Waals surface area contributed by atoms with E-state index >= 15 is 0 Å². The van der Waals surface area contributed by atoms with E-state index in [1.54, 1.807) is 22.5 Å². The van der Waals surface area contributed by atoms with Crippen molar-refractivity contribution >= 4 is 41.9 Å². The lowest BCUT2D eigenvalue weighted by Crippen LogP contribution is -2.42. The van der Waals surface area contributed by atoms with Gasteiger partial charge < -0.3 is 5.32 Å². The van der Waals surface area contributed by atoms with Gasteiger partial charge in [0.25, 0.3) is 0 Å². The lowest BCUT2D eigenvalue weighted by Gasteiger charge is -2.27. The minimum Gasteiger partial charge on any atom is -0.315 e. The van der Waals surface area contributed by atoms with Gasteiger partial charge in [-0.05, 0) is 53.5 Å². The molecular weight excluding hydrogens is 408 g/mol. The van der Waals surface area contributed by atoms with Crippen LogP contribution in [0, 0.1) is 0 Å². The van der Waals surface area contributed by atoms with E-state index in [2.05, 4.69) is 37.2 Å². The summed E-state index contributed by atoms with van der Waals surface area (Å²) in [6.07, 6.45) is 1.68. The van der Waals surface area contributed by atoms with Crippen molar-refractivity contribution in [2.75, 3.05) is 19.6 Å². The highest BCUT2D eigenvalue weighted by Gasteiger charge is 2.33. The van der Waals surface area contributed by atoms with Crippen molar-refractivity contribution in [1.29, 1.82) is 0 Å². The minimum atomic E-state index is -3.47. The Morgan fingerprint density at radius 2 is 2.15 bits per heavy atom. The zero-order valence-electron chi connectivity index (χ0n) is 11.3. The molecule has 112 valence electrons. The molecule has 7 heteroatoms. The number of halogens is 2. The maximum absolute atomic E-state index is 12.9. The molecule has 0 aromatic heterocycles. The third kappa shape index (κ3) is 3.44. The lowest BCUT2D eigenvalue weighted by atomic mass is 10.2. The molecule has 1 aromatic rings. The van der Waals surface area contributed by atoms with Crippen LogP contribution in [0.2, 0.25) is 0 Å². The first kappa shape index (κ1) is 16.4. The van der Waals surface area contributed by atoms with E-state index in [1.807, 2.05) is 6.92 Å². The number of hydrogen-bond acceptors (Lipinski definition) is 3. The third-order valence-corrected chi connectivity index (χ3v) is 6.79. The molecule has 1 unspecified atom stereocenters. The van der Waals surface area contributed by atoms with Crippen LogP contribution in [0.5, 0.6) is 0 Å². The second-order valence-electron chi connectivity index (χ2n) is 4.84. The topological polar surface area (TPSA) is 49.4 Å². The molecule has 2 rings (SSSR count). The molecule has 4 nitrogen and oxygen atoms in total. The summed E-state index contributed by atoms with van der Waals surface area (Å²) in [7, 11) is -3.47. The van der Waals surface area contributed by atoms with E-state index in [-0.39, 0.29) is 6.04 Å². The fourth-order valence-corrected chi connectivity index (χ4v) is 5.87. The van der Waals surface area contributed by atoms with Crippen LogP contribution in [0.15, 0.2) is 32.0 Å². The normalized spacial score (nSPS) is 19.7. The first-order valence-electron chi connectivity index (χ1n) is 6.64. The van der Waals surface area contributed by atoms with Gasteiger partial charge in [0, 0.05) is 28.1 Å². The predicted octanol–water partition coefficient (Wildman–Crippen LogP) is 2.97. The summed E-state index contributed by atoms with van der Waals surface area (Å²) < 4.78 is 28.9. The van der Waals surface area contributed by atoms with Gasteiger partial charge in [-0.15, -0.1) is 0 Å². The monoisotopic (exact) mass is 424 g/mol. The molecule has 0 saturated carbocycles. The molecule has 1 heterocycles. The fraction of sp³-hybridized carbons (Fsp3) is 0.538. The Bertz CT molecular complexity index is 572. The largest absolute Gasteiger partial charge is 0.315 e. The molecule has 0 aliphatic carbocycles. The van der Waals surface area contributed by atoms with Crippen LogP contribution < -0.4 is 5.32 Å². The van der Waals surface area contributed by atoms with E-state index in [9.17, 15) is 8.42 Å². The Labute approximate surface area is 137 Å². The number of hydrogen-bond donors (Lipinski definition) is 1. The molecule has 1 saturated heterocycles. The molecular formula is C13H18Br2N2O2S. The molecule has 0 spiro atoms. The van der Waals surface area contributed by atoms with Gasteiger partial charge in [-0.1, -0.05) is 22.9 Å². The van der Waals surface area contributed by atoms with Gasteiger partial charge in [-0.3, -0.25) is 0 Å². The maximum atomic E-state index is 12.9. The average molecular weight is 426 g/mol. The number of nitrogens with zero attached hydrogens (tertiary/aromatic N) is 1. The number of benzene rings is 1. The Morgan fingerprint density at radius 3 is 2.70 bits per heavy atom. The molecule has 1 fully saturated rings. The van der Waals surface area contributed by atoms with Gasteiger partial charge in [-0.2, -0.15) is 4.31 Å². The van der Waals surface area contributed by atoms with Crippen LogP contribution in [-0.2, 0) is 10.0 Å². The van der Waals surface area contributed by atoms with E-state index in [0.29, 0.717) is 15.9 Å². The molecule has 1 aromatic carbocycles. The molecule has 1 aliphatic heterocycles. The number of rotatable bonds is 5. The van der Waals surface area contributed by atoms with Crippen LogP contribution >= 0.6 is 31.9 Å². The van der Waals surface area contributed by atoms with E-state index in [4.69, 9.17) is 0 Å². The standard InChI is InChI=1S/C13H18Br2N2O2S/c1-2-7-17(11-5-6-16-9-11)20(18,19)13-4-3-10(14)8-12(13)15/h3-4,8,11,16H,2,5-7,9H2,1H3. The Balaban J connectivity index is 2.39. The summed E-state index contributed by atoms with van der Waals surface area (Å²) in [5, 5.41) is 3.23. The van der Waals surface area contributed by atoms with Crippen LogP contribution in [0.3, 0.4) is 0 Å². The molecule has 0 amide bonds. The maximum Gasteiger partial charge on any atom is 0.244 e. The first-order chi connectivity index (χ1) is 9.46. The summed E-state index contributed by atoms with van der Waals surface area (Å²) in [6.45, 7) is 4.16. The second kappa shape index (κ2) is 6.87. The zero-order valence-corrected chi connectivity index (χ0v) is 15.3. The second-order valence-corrected chi connectivity index (χ2v) is 8.47. The summed E-state index contributed by atoms with van der Waals surface area (Å²) in [4.78, 5) is 0.334. The van der Waals surface area contributed by atoms with Gasteiger partial charge in [0.1, 0.15) is 0 Å². The van der Waals surface area contributed by atoms with Crippen molar-refractivity contribution in [1.82, 2.24) is 9.62 Å². The highest BCUT2D eigenvalue weighted by molar-refractivity contribution is 9.11. The summed E-state index contributed by atoms with van der Waals surface area (Å²) >= 11 is 6.71. The molecule has 0 bridgehead atoms. The lowest BCUT2D eigenvalue weighted by molar-refractivity contribution is 0.335. The van der Waals surface area contributed by atoms with Crippen LogP contribution in [0.4, 0.5) is 0 Å². The first-order valence-corrected chi connectivity index (χ1v) is 9.67. The smallest absolute Gasteiger partial charge is 0.244 e. The van der Waals surface area contributed by atoms with Crippen LogP contribution in [0.1, 0.15) is 19.8 Å². The zero-order chi connectivity index (χ0) is 14.8. The van der Waals surface area contributed by atoms with Gasteiger partial charge in [-0.25, -0.2) is 8.42 Å². The van der Waals surface area contributed by atoms with Crippen molar-refractivity contribution in [3.8, 4) is 0 Å². The average Bonchev–Trinajstić information content (AvgIpc) is 2.88. The van der Waals surface area contributed by atoms with Gasteiger partial charge in [0.15, 0.2) is 0 Å². The number of sulfonamides is 1. The van der Waals surface area contributed by atoms with Gasteiger partial charge in [0.05, 0.1) is 4.90 Å². The summed E-state index contributed by atoms with van der Waals surface area (Å²) in [5.74, 6) is 0. The Hall–Kier alpha value is 0.0500. The van der Waals surface area contributed by atoms with Crippen LogP contribution in [0.25, 0.3) is 0 Å². The SMILES string of the molecule is CCCN(C1CCNC1)S(=O)(=O)c1ccc(Br)cc1Br. The predicted molar refractivity (Wildman–Crippen MR) is 87.3 cm³/mol. The molecule has 0 radical (unpaired) electrons. The quantitative estimate of drug-likeness (QED) is 0.788. The number of nitrogens with one attached hydrogen (secondary N) is 1. The summed E-state index contributed by atoms with van der Waals surface area (Å²) in [5.41, 5.74) is 0. The van der Waals surface area contributed by atoms with Crippen molar-refractivity contribution < 1.29 is 8.42 Å². The molecule has 1 N–H and O–H groups in total. The van der Waals surface area contributed by atoms with Crippen molar-refractivity contribution in [3.05, 3.63) is 27.1 Å². The van der Waals surface area contributed by atoms with E-state index in [0.717, 1.165) is 30.4 Å². The molecule has 1 aliphatic rings. The Kier molecular flexibility index (Phi) is 5.64. The van der Waals surface area contributed by atoms with Crippen molar-refractivity contribution in [2.24, 2.45) is 0 Å². The van der Waals surface area contributed by atoms with Gasteiger partial charge in [0.2, 0.25) is 10.0 Å². The van der Waals surface area contributed by atoms with Gasteiger partial charge >= 0.3 is 0 Å². The van der Waals surface area contributed by atoms with Crippen molar-refractivity contribution in [3.63, 3.8) is 0 Å². The molecule has 20 heavy (non-hydrogen) atoms. The highest BCUT2D eigenvalue weighted by Crippen LogP contribution is 2.30. The third-order valence-electron chi connectivity index (χ3n) is 3.37. The van der Waals surface area contributed by atoms with Crippen LogP contribution in [-0.4, -0.2) is 38.4 Å². The van der Waals surface area contributed by atoms with Crippen molar-refractivity contribution in [2.45, 2.75) is 30.7 Å². The highest BCUT2D eigenvalue weighted by atomic mass is 79.9. The fourth-order valence-electron chi connectivity index (χ4n) is 2.42. The molecule has 1 atom stereocenters. The minimum absolute atomic E-state index is 0.0514. The Morgan fingerprint density at radius 1 is 1.40 bits per heavy atom. The van der Waals surface area contributed by atoms with E-state index in [1.165, 1.54) is 0 Å².